The predicted molar refractivity (Wildman–Crippen MR) is 80.8 cm³/mol. The fourth-order valence-electron chi connectivity index (χ4n) is 1.88. The Bertz CT molecular complexity index is 469. The smallest absolute Gasteiger partial charge is 0.151 e. The van der Waals surface area contributed by atoms with E-state index in [0.29, 0.717) is 6.54 Å². The quantitative estimate of drug-likeness (QED) is 0.741. The third kappa shape index (κ3) is 6.07. The zero-order valence-electron chi connectivity index (χ0n) is 11.8. The van der Waals surface area contributed by atoms with Crippen molar-refractivity contribution in [3.05, 3.63) is 29.8 Å². The lowest BCUT2D eigenvalue weighted by Crippen LogP contribution is -2.30. The molecule has 1 rings (SSSR count). The Morgan fingerprint density at radius 2 is 1.74 bits per heavy atom. The van der Waals surface area contributed by atoms with E-state index in [0.717, 1.165) is 30.8 Å². The minimum Gasteiger partial charge on any atom is -0.399 e. The summed E-state index contributed by atoms with van der Waals surface area (Å²) in [5.41, 5.74) is 7.57. The first-order valence-corrected chi connectivity index (χ1v) is 8.56. The van der Waals surface area contributed by atoms with Gasteiger partial charge in [0, 0.05) is 24.5 Å². The average Bonchev–Trinajstić information content (AvgIpc) is 2.39. The van der Waals surface area contributed by atoms with E-state index in [9.17, 15) is 8.42 Å². The van der Waals surface area contributed by atoms with Gasteiger partial charge in [-0.25, -0.2) is 8.42 Å². The van der Waals surface area contributed by atoms with E-state index in [1.165, 1.54) is 0 Å². The maximum Gasteiger partial charge on any atom is 0.151 e. The number of hydrogen-bond acceptors (Lipinski definition) is 4. The zero-order chi connectivity index (χ0) is 14.3. The van der Waals surface area contributed by atoms with Crippen LogP contribution in [0.15, 0.2) is 24.3 Å². The monoisotopic (exact) mass is 284 g/mol. The molecule has 0 aliphatic rings. The molecule has 0 atom stereocenters. The first-order chi connectivity index (χ1) is 8.96. The van der Waals surface area contributed by atoms with Crippen LogP contribution in [0.25, 0.3) is 0 Å². The minimum atomic E-state index is -2.89. The molecule has 5 heteroatoms. The lowest BCUT2D eigenvalue weighted by Gasteiger charge is -2.21. The van der Waals surface area contributed by atoms with Crippen LogP contribution in [0.4, 0.5) is 5.69 Å². The molecule has 0 saturated carbocycles. The first-order valence-electron chi connectivity index (χ1n) is 6.74. The molecule has 4 nitrogen and oxygen atoms in total. The third-order valence-electron chi connectivity index (χ3n) is 3.08. The third-order valence-corrected chi connectivity index (χ3v) is 4.77. The van der Waals surface area contributed by atoms with Crippen molar-refractivity contribution in [1.29, 1.82) is 0 Å². The zero-order valence-corrected chi connectivity index (χ0v) is 12.6. The Balaban J connectivity index is 2.60. The first kappa shape index (κ1) is 16.0. The van der Waals surface area contributed by atoms with E-state index in [-0.39, 0.29) is 11.5 Å². The lowest BCUT2D eigenvalue weighted by atomic mass is 10.2. The largest absolute Gasteiger partial charge is 0.399 e. The SMILES string of the molecule is CCCN(CCS(=O)(=O)CC)Cc1ccc(N)cc1. The average molecular weight is 284 g/mol. The molecule has 0 bridgehead atoms. The molecule has 108 valence electrons. The van der Waals surface area contributed by atoms with E-state index in [1.807, 2.05) is 24.3 Å². The molecule has 0 radical (unpaired) electrons. The van der Waals surface area contributed by atoms with Gasteiger partial charge in [0.1, 0.15) is 0 Å². The van der Waals surface area contributed by atoms with Crippen LogP contribution in [-0.2, 0) is 16.4 Å². The van der Waals surface area contributed by atoms with Gasteiger partial charge in [-0.15, -0.1) is 0 Å². The minimum absolute atomic E-state index is 0.217. The summed E-state index contributed by atoms with van der Waals surface area (Å²) >= 11 is 0. The number of sulfone groups is 1. The van der Waals surface area contributed by atoms with Crippen LogP contribution in [0.3, 0.4) is 0 Å². The van der Waals surface area contributed by atoms with E-state index in [1.54, 1.807) is 6.92 Å². The number of rotatable bonds is 8. The van der Waals surface area contributed by atoms with E-state index < -0.39 is 9.84 Å². The highest BCUT2D eigenvalue weighted by molar-refractivity contribution is 7.91. The van der Waals surface area contributed by atoms with Crippen molar-refractivity contribution >= 4 is 15.5 Å². The fraction of sp³-hybridized carbons (Fsp3) is 0.571. The van der Waals surface area contributed by atoms with Crippen LogP contribution in [0.1, 0.15) is 25.8 Å². The summed E-state index contributed by atoms with van der Waals surface area (Å²) in [5, 5.41) is 0. The number of nitrogen functional groups attached to an aromatic ring is 1. The van der Waals surface area contributed by atoms with Crippen LogP contribution < -0.4 is 5.73 Å². The topological polar surface area (TPSA) is 63.4 Å². The van der Waals surface area contributed by atoms with Gasteiger partial charge in [-0.1, -0.05) is 26.0 Å². The highest BCUT2D eigenvalue weighted by atomic mass is 32.2. The summed E-state index contributed by atoms with van der Waals surface area (Å²) in [6.45, 7) is 6.06. The van der Waals surface area contributed by atoms with Gasteiger partial charge in [-0.2, -0.15) is 0 Å². The molecule has 0 unspecified atom stereocenters. The Morgan fingerprint density at radius 3 is 2.26 bits per heavy atom. The Hall–Kier alpha value is -1.07. The van der Waals surface area contributed by atoms with Crippen molar-refractivity contribution < 1.29 is 8.42 Å². The summed E-state index contributed by atoms with van der Waals surface area (Å²) < 4.78 is 23.1. The van der Waals surface area contributed by atoms with Gasteiger partial charge in [-0.05, 0) is 30.7 Å². The Labute approximate surface area is 116 Å². The summed E-state index contributed by atoms with van der Waals surface area (Å²) in [7, 11) is -2.89. The summed E-state index contributed by atoms with van der Waals surface area (Å²) in [4.78, 5) is 2.18. The second-order valence-corrected chi connectivity index (χ2v) is 7.23. The number of nitrogens with zero attached hydrogens (tertiary/aromatic N) is 1. The molecule has 0 aliphatic heterocycles. The maximum atomic E-state index is 11.6. The van der Waals surface area contributed by atoms with Crippen LogP contribution >= 0.6 is 0 Å². The molecular weight excluding hydrogens is 260 g/mol. The van der Waals surface area contributed by atoms with Gasteiger partial charge in [0.2, 0.25) is 0 Å². The van der Waals surface area contributed by atoms with Gasteiger partial charge < -0.3 is 5.73 Å². The molecular formula is C14H24N2O2S. The number of benzene rings is 1. The highest BCUT2D eigenvalue weighted by Crippen LogP contribution is 2.09. The highest BCUT2D eigenvalue weighted by Gasteiger charge is 2.11. The van der Waals surface area contributed by atoms with E-state index >= 15 is 0 Å². The molecule has 19 heavy (non-hydrogen) atoms. The van der Waals surface area contributed by atoms with Gasteiger partial charge >= 0.3 is 0 Å². The van der Waals surface area contributed by atoms with E-state index in [4.69, 9.17) is 5.73 Å². The number of anilines is 1. The Morgan fingerprint density at radius 1 is 1.11 bits per heavy atom. The summed E-state index contributed by atoms with van der Waals surface area (Å²) in [5.74, 6) is 0.452. The standard InChI is InChI=1S/C14H24N2O2S/c1-3-9-16(10-11-19(17,18)4-2)12-13-5-7-14(15)8-6-13/h5-8H,3-4,9-12,15H2,1-2H3. The van der Waals surface area contributed by atoms with Crippen LogP contribution in [0.5, 0.6) is 0 Å². The Kier molecular flexibility index (Phi) is 6.31. The molecule has 0 fully saturated rings. The molecule has 0 aliphatic carbocycles. The van der Waals surface area contributed by atoms with Crippen molar-refractivity contribution in [2.24, 2.45) is 0 Å². The van der Waals surface area contributed by atoms with Gasteiger partial charge in [0.25, 0.3) is 0 Å². The van der Waals surface area contributed by atoms with Gasteiger partial charge in [-0.3, -0.25) is 4.90 Å². The van der Waals surface area contributed by atoms with Crippen molar-refractivity contribution in [2.75, 3.05) is 30.3 Å². The van der Waals surface area contributed by atoms with Crippen molar-refractivity contribution in [3.8, 4) is 0 Å². The van der Waals surface area contributed by atoms with Gasteiger partial charge in [0.15, 0.2) is 9.84 Å². The predicted octanol–water partition coefficient (Wildman–Crippen LogP) is 1.92. The second kappa shape index (κ2) is 7.50. The summed E-state index contributed by atoms with van der Waals surface area (Å²) in [6.07, 6.45) is 1.02. The molecule has 0 spiro atoms. The molecule has 0 aromatic heterocycles. The number of hydrogen-bond donors (Lipinski definition) is 1. The molecule has 0 amide bonds. The molecule has 2 N–H and O–H groups in total. The molecule has 1 aromatic rings. The summed E-state index contributed by atoms with van der Waals surface area (Å²) in [6, 6.07) is 7.74. The lowest BCUT2D eigenvalue weighted by molar-refractivity contribution is 0.281. The van der Waals surface area contributed by atoms with Crippen LogP contribution in [0, 0.1) is 0 Å². The molecule has 0 saturated heterocycles. The normalized spacial score (nSPS) is 11.9. The van der Waals surface area contributed by atoms with Crippen molar-refractivity contribution in [3.63, 3.8) is 0 Å². The second-order valence-electron chi connectivity index (χ2n) is 4.75. The van der Waals surface area contributed by atoms with E-state index in [2.05, 4.69) is 11.8 Å². The fourth-order valence-corrected chi connectivity index (χ4v) is 2.70. The van der Waals surface area contributed by atoms with Crippen molar-refractivity contribution in [1.82, 2.24) is 4.90 Å². The van der Waals surface area contributed by atoms with Crippen molar-refractivity contribution in [2.45, 2.75) is 26.8 Å². The van der Waals surface area contributed by atoms with Crippen LogP contribution in [0.2, 0.25) is 0 Å². The molecule has 0 heterocycles. The number of nitrogens with two attached hydrogens (primary N) is 1. The maximum absolute atomic E-state index is 11.6. The van der Waals surface area contributed by atoms with Gasteiger partial charge in [0.05, 0.1) is 5.75 Å². The molecule has 1 aromatic carbocycles. The van der Waals surface area contributed by atoms with Crippen LogP contribution in [-0.4, -0.2) is 37.9 Å².